The van der Waals surface area contributed by atoms with Crippen LogP contribution in [0.25, 0.3) is 0 Å². The number of ether oxygens (including phenoxy) is 3. The van der Waals surface area contributed by atoms with Crippen LogP contribution in [0.5, 0.6) is 23.1 Å². The molecule has 1 aliphatic heterocycles. The fraction of sp³-hybridized carbons (Fsp3) is 0.455. The molecular weight excluding hydrogens is 368 g/mol. The van der Waals surface area contributed by atoms with Gasteiger partial charge in [0, 0.05) is 38.9 Å². The summed E-state index contributed by atoms with van der Waals surface area (Å²) >= 11 is 0. The van der Waals surface area contributed by atoms with Crippen LogP contribution < -0.4 is 19.5 Å². The molecule has 0 atom stereocenters. The molecule has 1 fully saturated rings. The zero-order chi connectivity index (χ0) is 20.6. The van der Waals surface area contributed by atoms with Crippen LogP contribution in [0.4, 0.5) is 0 Å². The first kappa shape index (κ1) is 20.8. The second kappa shape index (κ2) is 10.0. The second-order valence-corrected chi connectivity index (χ2v) is 7.17. The van der Waals surface area contributed by atoms with Crippen molar-refractivity contribution in [3.05, 3.63) is 42.1 Å². The number of aromatic nitrogens is 1. The van der Waals surface area contributed by atoms with Crippen molar-refractivity contribution in [2.45, 2.75) is 26.3 Å². The van der Waals surface area contributed by atoms with Crippen LogP contribution in [0, 0.1) is 5.92 Å². The fourth-order valence-electron chi connectivity index (χ4n) is 3.33. The van der Waals surface area contributed by atoms with Crippen LogP contribution in [0.3, 0.4) is 0 Å². The van der Waals surface area contributed by atoms with Crippen molar-refractivity contribution in [2.24, 2.45) is 10.9 Å². The number of nitrogens with one attached hydrogen (secondary N) is 1. The van der Waals surface area contributed by atoms with E-state index in [4.69, 9.17) is 14.2 Å². The lowest BCUT2D eigenvalue weighted by atomic mass is 10.00. The molecule has 0 radical (unpaired) electrons. The van der Waals surface area contributed by atoms with Crippen LogP contribution in [-0.4, -0.2) is 50.2 Å². The van der Waals surface area contributed by atoms with E-state index in [9.17, 15) is 0 Å². The Bertz CT molecular complexity index is 793. The van der Waals surface area contributed by atoms with Gasteiger partial charge < -0.3 is 24.4 Å². The highest BCUT2D eigenvalue weighted by Gasteiger charge is 2.18. The largest absolute Gasteiger partial charge is 0.493 e. The summed E-state index contributed by atoms with van der Waals surface area (Å²) in [6.07, 6.45) is 4.22. The number of guanidine groups is 1. The van der Waals surface area contributed by atoms with Crippen molar-refractivity contribution < 1.29 is 14.2 Å². The number of nitrogens with zero attached hydrogens (tertiary/aromatic N) is 3. The number of methoxy groups -OCH3 is 2. The number of hydrogen-bond donors (Lipinski definition) is 1. The van der Waals surface area contributed by atoms with Crippen LogP contribution in [0.15, 0.2) is 41.5 Å². The first-order valence-corrected chi connectivity index (χ1v) is 9.94. The van der Waals surface area contributed by atoms with Crippen molar-refractivity contribution in [1.82, 2.24) is 15.2 Å². The van der Waals surface area contributed by atoms with E-state index < -0.39 is 0 Å². The molecule has 0 saturated carbocycles. The highest BCUT2D eigenvalue weighted by atomic mass is 16.5. The molecule has 0 spiro atoms. The molecule has 0 unspecified atom stereocenters. The number of benzene rings is 1. The van der Waals surface area contributed by atoms with E-state index in [1.807, 2.05) is 37.4 Å². The molecule has 1 aromatic heterocycles. The normalized spacial score (nSPS) is 15.2. The molecule has 1 N–H and O–H groups in total. The van der Waals surface area contributed by atoms with Crippen molar-refractivity contribution in [3.8, 4) is 23.1 Å². The van der Waals surface area contributed by atoms with E-state index >= 15 is 0 Å². The molecular formula is C22H30N4O3. The molecule has 1 aliphatic rings. The number of likely N-dealkylation sites (tertiary alicyclic amines) is 1. The van der Waals surface area contributed by atoms with Gasteiger partial charge in [-0.1, -0.05) is 19.1 Å². The van der Waals surface area contributed by atoms with Gasteiger partial charge >= 0.3 is 0 Å². The molecule has 2 heterocycles. The van der Waals surface area contributed by atoms with E-state index in [0.29, 0.717) is 29.7 Å². The number of pyridine rings is 1. The third-order valence-corrected chi connectivity index (χ3v) is 5.13. The van der Waals surface area contributed by atoms with Gasteiger partial charge in [-0.15, -0.1) is 0 Å². The molecule has 0 aliphatic carbocycles. The van der Waals surface area contributed by atoms with Gasteiger partial charge in [0.2, 0.25) is 11.6 Å². The van der Waals surface area contributed by atoms with Gasteiger partial charge in [-0.2, -0.15) is 0 Å². The third kappa shape index (κ3) is 5.31. The minimum absolute atomic E-state index is 0.478. The Labute approximate surface area is 172 Å². The van der Waals surface area contributed by atoms with E-state index in [1.54, 1.807) is 20.4 Å². The van der Waals surface area contributed by atoms with Gasteiger partial charge in [0.1, 0.15) is 0 Å². The molecule has 1 saturated heterocycles. The van der Waals surface area contributed by atoms with Crippen LogP contribution >= 0.6 is 0 Å². The average molecular weight is 399 g/mol. The summed E-state index contributed by atoms with van der Waals surface area (Å²) in [7, 11) is 5.02. The van der Waals surface area contributed by atoms with Gasteiger partial charge in [-0.3, -0.25) is 4.99 Å². The van der Waals surface area contributed by atoms with Crippen LogP contribution in [-0.2, 0) is 6.54 Å². The van der Waals surface area contributed by atoms with Gasteiger partial charge in [0.15, 0.2) is 17.5 Å². The first-order valence-electron chi connectivity index (χ1n) is 9.94. The van der Waals surface area contributed by atoms with Gasteiger partial charge in [0.05, 0.1) is 14.2 Å². The topological polar surface area (TPSA) is 68.2 Å². The average Bonchev–Trinajstić information content (AvgIpc) is 2.76. The first-order chi connectivity index (χ1) is 14.1. The zero-order valence-corrected chi connectivity index (χ0v) is 17.6. The second-order valence-electron chi connectivity index (χ2n) is 7.17. The Balaban J connectivity index is 1.61. The number of para-hydroxylation sites is 1. The van der Waals surface area contributed by atoms with Crippen LogP contribution in [0.1, 0.15) is 25.3 Å². The highest BCUT2D eigenvalue weighted by molar-refractivity contribution is 5.79. The maximum atomic E-state index is 5.92. The Morgan fingerprint density at radius 2 is 1.83 bits per heavy atom. The van der Waals surface area contributed by atoms with Gasteiger partial charge in [-0.25, -0.2) is 4.98 Å². The van der Waals surface area contributed by atoms with Gasteiger partial charge in [-0.05, 0) is 36.5 Å². The third-order valence-electron chi connectivity index (χ3n) is 5.13. The highest BCUT2D eigenvalue weighted by Crippen LogP contribution is 2.39. The molecule has 7 nitrogen and oxygen atoms in total. The van der Waals surface area contributed by atoms with Crippen molar-refractivity contribution in [1.29, 1.82) is 0 Å². The smallest absolute Gasteiger partial charge is 0.219 e. The van der Waals surface area contributed by atoms with Crippen molar-refractivity contribution >= 4 is 5.96 Å². The Morgan fingerprint density at radius 1 is 1.14 bits per heavy atom. The monoisotopic (exact) mass is 398 g/mol. The number of piperidine rings is 1. The summed E-state index contributed by atoms with van der Waals surface area (Å²) in [4.78, 5) is 11.2. The summed E-state index contributed by atoms with van der Waals surface area (Å²) < 4.78 is 16.6. The molecule has 29 heavy (non-hydrogen) atoms. The predicted octanol–water partition coefficient (Wildman–Crippen LogP) is 3.70. The minimum Gasteiger partial charge on any atom is -0.493 e. The summed E-state index contributed by atoms with van der Waals surface area (Å²) in [6, 6.07) is 9.33. The summed E-state index contributed by atoms with van der Waals surface area (Å²) in [5.41, 5.74) is 1.05. The maximum Gasteiger partial charge on any atom is 0.219 e. The summed E-state index contributed by atoms with van der Waals surface area (Å²) in [6.45, 7) is 5.06. The predicted molar refractivity (Wildman–Crippen MR) is 114 cm³/mol. The van der Waals surface area contributed by atoms with Gasteiger partial charge in [0.25, 0.3) is 0 Å². The SMILES string of the molecule is CN=C(NCc1ccc(Oc2c(OC)cccc2OC)nc1)N1CCC(C)CC1. The molecule has 3 rings (SSSR count). The van der Waals surface area contributed by atoms with E-state index in [1.165, 1.54) is 12.8 Å². The van der Waals surface area contributed by atoms with E-state index in [0.717, 1.165) is 30.5 Å². The number of rotatable bonds is 6. The Kier molecular flexibility index (Phi) is 7.16. The molecule has 1 aromatic carbocycles. The quantitative estimate of drug-likeness (QED) is 0.591. The molecule has 7 heteroatoms. The van der Waals surface area contributed by atoms with Crippen molar-refractivity contribution in [3.63, 3.8) is 0 Å². The zero-order valence-electron chi connectivity index (χ0n) is 17.6. The Hall–Kier alpha value is -2.96. The number of hydrogen-bond acceptors (Lipinski definition) is 5. The summed E-state index contributed by atoms with van der Waals surface area (Å²) in [5.74, 6) is 3.91. The maximum absolute atomic E-state index is 5.92. The standard InChI is InChI=1S/C22H30N4O3/c1-16-10-12-26(13-11-16)22(23-2)25-15-17-8-9-20(24-14-17)29-21-18(27-3)6-5-7-19(21)28-4/h5-9,14,16H,10-13,15H2,1-4H3,(H,23,25). The number of aliphatic imine (C=N–C) groups is 1. The molecule has 0 amide bonds. The van der Waals surface area contributed by atoms with E-state index in [-0.39, 0.29) is 0 Å². The molecule has 0 bridgehead atoms. The molecule has 2 aromatic rings. The lowest BCUT2D eigenvalue weighted by Gasteiger charge is -2.32. The summed E-state index contributed by atoms with van der Waals surface area (Å²) in [5, 5.41) is 3.43. The Morgan fingerprint density at radius 3 is 2.38 bits per heavy atom. The van der Waals surface area contributed by atoms with Crippen LogP contribution in [0.2, 0.25) is 0 Å². The van der Waals surface area contributed by atoms with E-state index in [2.05, 4.69) is 27.1 Å². The minimum atomic E-state index is 0.478. The van der Waals surface area contributed by atoms with Crippen molar-refractivity contribution in [2.75, 3.05) is 34.4 Å². The molecule has 156 valence electrons. The lowest BCUT2D eigenvalue weighted by molar-refractivity contribution is 0.273. The fourth-order valence-corrected chi connectivity index (χ4v) is 3.33. The lowest BCUT2D eigenvalue weighted by Crippen LogP contribution is -2.45.